The van der Waals surface area contributed by atoms with Crippen LogP contribution in [0.3, 0.4) is 0 Å². The molecule has 1 amide bonds. The summed E-state index contributed by atoms with van der Waals surface area (Å²) < 4.78 is 26.9. The van der Waals surface area contributed by atoms with Crippen LogP contribution in [0.1, 0.15) is 20.8 Å². The van der Waals surface area contributed by atoms with Crippen molar-refractivity contribution in [1.29, 1.82) is 0 Å². The van der Waals surface area contributed by atoms with Crippen LogP contribution in [0.5, 0.6) is 0 Å². The minimum absolute atomic E-state index is 0.0393. The number of amides is 1. The summed E-state index contributed by atoms with van der Waals surface area (Å²) in [5.41, 5.74) is -0.0393. The molecule has 0 heterocycles. The number of hydrogen-bond acceptors (Lipinski definition) is 3. The molecular weight excluding hydrogens is 314 g/mol. The molecule has 1 N–H and O–H groups in total. The summed E-state index contributed by atoms with van der Waals surface area (Å²) in [5, 5.41) is 1.97. The Hall–Kier alpha value is -1.21. The van der Waals surface area contributed by atoms with Crippen molar-refractivity contribution in [2.75, 3.05) is 18.4 Å². The third kappa shape index (κ3) is 5.24. The third-order valence-electron chi connectivity index (χ3n) is 2.86. The average molecular weight is 332 g/mol. The fourth-order valence-corrected chi connectivity index (χ4v) is 3.15. The van der Waals surface area contributed by atoms with E-state index in [-0.39, 0.29) is 11.6 Å². The van der Waals surface area contributed by atoms with Crippen LogP contribution < -0.4 is 5.32 Å². The second-order valence-corrected chi connectivity index (χ2v) is 6.29. The normalized spacial score (nSPS) is 11.9. The van der Waals surface area contributed by atoms with Crippen LogP contribution in [0.25, 0.3) is 0 Å². The molecule has 7 heteroatoms. The molecule has 0 bridgehead atoms. The molecule has 0 aromatic heterocycles. The summed E-state index contributed by atoms with van der Waals surface area (Å²) in [6, 6.07) is 3.02. The van der Waals surface area contributed by atoms with Gasteiger partial charge in [-0.3, -0.25) is 4.79 Å². The Morgan fingerprint density at radius 2 is 2.00 bits per heavy atom. The summed E-state index contributed by atoms with van der Waals surface area (Å²) in [6.07, 6.45) is 0. The van der Waals surface area contributed by atoms with Crippen molar-refractivity contribution in [2.24, 2.45) is 0 Å². The van der Waals surface area contributed by atoms with Crippen molar-refractivity contribution in [2.45, 2.75) is 26.0 Å². The van der Waals surface area contributed by atoms with Crippen molar-refractivity contribution < 1.29 is 13.6 Å². The lowest BCUT2D eigenvalue weighted by Gasteiger charge is -2.22. The fourth-order valence-electron chi connectivity index (χ4n) is 1.59. The van der Waals surface area contributed by atoms with Crippen LogP contribution in [0, 0.1) is 11.6 Å². The van der Waals surface area contributed by atoms with Gasteiger partial charge in [0.15, 0.2) is 0 Å². The van der Waals surface area contributed by atoms with E-state index in [2.05, 4.69) is 5.32 Å². The first-order valence-electron chi connectivity index (χ1n) is 6.60. The van der Waals surface area contributed by atoms with E-state index in [1.54, 1.807) is 6.92 Å². The number of thioether (sulfide) groups is 1. The molecule has 0 aliphatic rings. The van der Waals surface area contributed by atoms with Gasteiger partial charge < -0.3 is 10.2 Å². The van der Waals surface area contributed by atoms with Gasteiger partial charge in [-0.2, -0.15) is 0 Å². The maximum Gasteiger partial charge on any atom is 0.237 e. The number of nitrogens with zero attached hydrogens (tertiary/aromatic N) is 1. The van der Waals surface area contributed by atoms with Gasteiger partial charge >= 0.3 is 0 Å². The van der Waals surface area contributed by atoms with Gasteiger partial charge in [0.1, 0.15) is 16.0 Å². The molecule has 1 aromatic rings. The van der Waals surface area contributed by atoms with Gasteiger partial charge in [0, 0.05) is 19.2 Å². The Morgan fingerprint density at radius 3 is 2.52 bits per heavy atom. The van der Waals surface area contributed by atoms with E-state index in [9.17, 15) is 13.6 Å². The topological polar surface area (TPSA) is 32.3 Å². The van der Waals surface area contributed by atoms with Crippen LogP contribution >= 0.6 is 24.0 Å². The molecule has 0 aliphatic heterocycles. The number of rotatable bonds is 5. The van der Waals surface area contributed by atoms with Gasteiger partial charge in [-0.1, -0.05) is 24.0 Å². The number of benzene rings is 1. The molecule has 0 unspecified atom stereocenters. The largest absolute Gasteiger partial charge is 0.358 e. The average Bonchev–Trinajstić information content (AvgIpc) is 2.43. The van der Waals surface area contributed by atoms with Crippen molar-refractivity contribution >= 4 is 39.9 Å². The standard InChI is InChI=1S/C14H18F2N2OS2/c1-4-18(5-2)14(20)21-9(3)13(19)17-12-7-6-10(15)8-11(12)16/h6-9H,4-5H2,1-3H3,(H,17,19)/t9-/m0/s1. The second-order valence-electron chi connectivity index (χ2n) is 4.31. The van der Waals surface area contributed by atoms with E-state index in [1.165, 1.54) is 17.8 Å². The molecule has 0 saturated carbocycles. The first-order valence-corrected chi connectivity index (χ1v) is 7.89. The smallest absolute Gasteiger partial charge is 0.237 e. The maximum absolute atomic E-state index is 13.5. The predicted octanol–water partition coefficient (Wildman–Crippen LogP) is 3.65. The first kappa shape index (κ1) is 17.8. The van der Waals surface area contributed by atoms with Crippen LogP contribution in [0.4, 0.5) is 14.5 Å². The highest BCUT2D eigenvalue weighted by molar-refractivity contribution is 8.23. The first-order chi connectivity index (χ1) is 9.88. The van der Waals surface area contributed by atoms with Gasteiger partial charge in [0.25, 0.3) is 0 Å². The van der Waals surface area contributed by atoms with E-state index >= 15 is 0 Å². The van der Waals surface area contributed by atoms with E-state index in [0.717, 1.165) is 25.2 Å². The van der Waals surface area contributed by atoms with Crippen LogP contribution in [0.15, 0.2) is 18.2 Å². The predicted molar refractivity (Wildman–Crippen MR) is 87.6 cm³/mol. The van der Waals surface area contributed by atoms with Crippen LogP contribution in [0.2, 0.25) is 0 Å². The quantitative estimate of drug-likeness (QED) is 0.834. The molecule has 0 radical (unpaired) electrons. The van der Waals surface area contributed by atoms with E-state index in [1.807, 2.05) is 18.7 Å². The molecule has 0 spiro atoms. The molecule has 0 aliphatic carbocycles. The Bertz CT molecular complexity index is 522. The lowest BCUT2D eigenvalue weighted by Crippen LogP contribution is -2.31. The number of halogens is 2. The maximum atomic E-state index is 13.5. The van der Waals surface area contributed by atoms with Crippen LogP contribution in [-0.2, 0) is 4.79 Å². The lowest BCUT2D eigenvalue weighted by atomic mass is 10.3. The SMILES string of the molecule is CCN(CC)C(=S)S[C@@H](C)C(=O)Nc1ccc(F)cc1F. The monoisotopic (exact) mass is 332 g/mol. The highest BCUT2D eigenvalue weighted by Gasteiger charge is 2.19. The highest BCUT2D eigenvalue weighted by Crippen LogP contribution is 2.20. The van der Waals surface area contributed by atoms with Crippen LogP contribution in [-0.4, -0.2) is 33.5 Å². The van der Waals surface area contributed by atoms with E-state index < -0.39 is 16.9 Å². The van der Waals surface area contributed by atoms with Gasteiger partial charge in [0.2, 0.25) is 5.91 Å². The Labute approximate surface area is 133 Å². The Balaban J connectivity index is 2.64. The Morgan fingerprint density at radius 1 is 1.38 bits per heavy atom. The number of anilines is 1. The number of hydrogen-bond donors (Lipinski definition) is 1. The summed E-state index contributed by atoms with van der Waals surface area (Å²) >= 11 is 6.50. The van der Waals surface area contributed by atoms with Gasteiger partial charge in [-0.05, 0) is 32.9 Å². The minimum Gasteiger partial charge on any atom is -0.358 e. The molecule has 116 valence electrons. The molecule has 0 fully saturated rings. The van der Waals surface area contributed by atoms with Crippen molar-refractivity contribution in [3.05, 3.63) is 29.8 Å². The molecule has 1 aromatic carbocycles. The lowest BCUT2D eigenvalue weighted by molar-refractivity contribution is -0.115. The highest BCUT2D eigenvalue weighted by atomic mass is 32.2. The molecule has 21 heavy (non-hydrogen) atoms. The second kappa shape index (κ2) is 8.29. The molecule has 1 rings (SSSR count). The third-order valence-corrected chi connectivity index (χ3v) is 4.43. The number of carbonyl (C=O) groups is 1. The van der Waals surface area contributed by atoms with Gasteiger partial charge in [-0.15, -0.1) is 0 Å². The van der Waals surface area contributed by atoms with Crippen molar-refractivity contribution in [3.63, 3.8) is 0 Å². The van der Waals surface area contributed by atoms with Gasteiger partial charge in [-0.25, -0.2) is 8.78 Å². The summed E-state index contributed by atoms with van der Waals surface area (Å²) in [6.45, 7) is 7.19. The fraction of sp³-hybridized carbons (Fsp3) is 0.429. The molecule has 0 saturated heterocycles. The van der Waals surface area contributed by atoms with E-state index in [0.29, 0.717) is 4.32 Å². The Kier molecular flexibility index (Phi) is 7.04. The molecule has 3 nitrogen and oxygen atoms in total. The molecular formula is C14H18F2N2OS2. The van der Waals surface area contributed by atoms with E-state index in [4.69, 9.17) is 12.2 Å². The van der Waals surface area contributed by atoms with Crippen molar-refractivity contribution in [3.8, 4) is 0 Å². The summed E-state index contributed by atoms with van der Waals surface area (Å²) in [5.74, 6) is -1.86. The number of thiocarbonyl (C=S) groups is 1. The zero-order chi connectivity index (χ0) is 16.0. The van der Waals surface area contributed by atoms with Gasteiger partial charge in [0.05, 0.1) is 10.9 Å². The zero-order valence-corrected chi connectivity index (χ0v) is 13.8. The minimum atomic E-state index is -0.799. The molecule has 1 atom stereocenters. The van der Waals surface area contributed by atoms with Crippen molar-refractivity contribution in [1.82, 2.24) is 4.90 Å². The zero-order valence-electron chi connectivity index (χ0n) is 12.2. The number of nitrogens with one attached hydrogen (secondary N) is 1. The summed E-state index contributed by atoms with van der Waals surface area (Å²) in [7, 11) is 0. The number of carbonyl (C=O) groups excluding carboxylic acids is 1. The summed E-state index contributed by atoms with van der Waals surface area (Å²) in [4.78, 5) is 14.0.